The Morgan fingerprint density at radius 3 is 2.52 bits per heavy atom. The maximum Gasteiger partial charge on any atom is 0.272 e. The zero-order valence-electron chi connectivity index (χ0n) is 16.6. The normalized spacial score (nSPS) is 20.1. The predicted molar refractivity (Wildman–Crippen MR) is 112 cm³/mol. The summed E-state index contributed by atoms with van der Waals surface area (Å²) in [6, 6.07) is 20.1. The van der Waals surface area contributed by atoms with Crippen LogP contribution in [0.15, 0.2) is 60.7 Å². The van der Waals surface area contributed by atoms with E-state index in [0.29, 0.717) is 25.2 Å². The van der Waals surface area contributed by atoms with Gasteiger partial charge in [0.05, 0.1) is 11.8 Å². The maximum absolute atomic E-state index is 13.2. The van der Waals surface area contributed by atoms with Gasteiger partial charge in [-0.05, 0) is 36.5 Å². The third-order valence-electron chi connectivity index (χ3n) is 6.72. The molecule has 1 amide bonds. The van der Waals surface area contributed by atoms with E-state index in [4.69, 9.17) is 0 Å². The minimum absolute atomic E-state index is 0.0119. The van der Waals surface area contributed by atoms with Crippen molar-refractivity contribution >= 4 is 5.91 Å². The van der Waals surface area contributed by atoms with E-state index in [-0.39, 0.29) is 17.4 Å². The van der Waals surface area contributed by atoms with Gasteiger partial charge in [-0.15, -0.1) is 0 Å². The van der Waals surface area contributed by atoms with E-state index in [0.717, 1.165) is 24.1 Å². The minimum atomic E-state index is -0.362. The van der Waals surface area contributed by atoms with Gasteiger partial charge < -0.3 is 10.0 Å². The standard InChI is InChI=1S/C24H25N3O2/c1-26-21(16-20(25-26)17-7-3-2-4-8-17)23(29)27-13-11-24(12-14-27)19-10-6-5-9-18(19)15-22(24)28/h2-10,16,22,28H,11-15H2,1H3/t22-/m0/s1. The summed E-state index contributed by atoms with van der Waals surface area (Å²) in [6.07, 6.45) is 1.94. The molecule has 1 atom stereocenters. The number of hydrogen-bond acceptors (Lipinski definition) is 3. The van der Waals surface area contributed by atoms with E-state index in [2.05, 4.69) is 23.3 Å². The number of nitrogens with zero attached hydrogens (tertiary/aromatic N) is 3. The van der Waals surface area contributed by atoms with Crippen LogP contribution in [-0.4, -0.2) is 44.9 Å². The van der Waals surface area contributed by atoms with Gasteiger partial charge in [0, 0.05) is 31.1 Å². The summed E-state index contributed by atoms with van der Waals surface area (Å²) in [5, 5.41) is 15.4. The van der Waals surface area contributed by atoms with Crippen molar-refractivity contribution in [2.75, 3.05) is 13.1 Å². The van der Waals surface area contributed by atoms with Gasteiger partial charge in [-0.2, -0.15) is 5.10 Å². The second-order valence-corrected chi connectivity index (χ2v) is 8.23. The minimum Gasteiger partial charge on any atom is -0.392 e. The van der Waals surface area contributed by atoms with Gasteiger partial charge in [0.25, 0.3) is 5.91 Å². The number of aryl methyl sites for hydroxylation is 1. The number of piperidine rings is 1. The highest BCUT2D eigenvalue weighted by molar-refractivity contribution is 5.93. The van der Waals surface area contributed by atoms with Crippen LogP contribution < -0.4 is 0 Å². The molecule has 1 aliphatic carbocycles. The molecule has 5 nitrogen and oxygen atoms in total. The van der Waals surface area contributed by atoms with E-state index in [1.165, 1.54) is 11.1 Å². The highest BCUT2D eigenvalue weighted by atomic mass is 16.3. The molecule has 0 unspecified atom stereocenters. The van der Waals surface area contributed by atoms with Crippen molar-refractivity contribution < 1.29 is 9.90 Å². The van der Waals surface area contributed by atoms with Crippen LogP contribution >= 0.6 is 0 Å². The van der Waals surface area contributed by atoms with Gasteiger partial charge in [0.15, 0.2) is 0 Å². The number of amides is 1. The summed E-state index contributed by atoms with van der Waals surface area (Å²) in [5.41, 5.74) is 4.72. The first-order chi connectivity index (χ1) is 14.1. The molecule has 1 N–H and O–H groups in total. The molecule has 2 aliphatic rings. The Bertz CT molecular complexity index is 1050. The molecule has 5 rings (SSSR count). The Kier molecular flexibility index (Phi) is 4.28. The summed E-state index contributed by atoms with van der Waals surface area (Å²) < 4.78 is 1.68. The lowest BCUT2D eigenvalue weighted by Crippen LogP contribution is -2.49. The van der Waals surface area contributed by atoms with Crippen molar-refractivity contribution in [3.05, 3.63) is 77.5 Å². The molecular formula is C24H25N3O2. The average Bonchev–Trinajstić information content (AvgIpc) is 3.27. The summed E-state index contributed by atoms with van der Waals surface area (Å²) in [4.78, 5) is 15.1. The molecule has 1 aromatic heterocycles. The van der Waals surface area contributed by atoms with Crippen LogP contribution in [-0.2, 0) is 18.9 Å². The number of rotatable bonds is 2. The molecule has 1 aliphatic heterocycles. The molecule has 29 heavy (non-hydrogen) atoms. The number of aliphatic hydroxyl groups is 1. The number of carbonyl (C=O) groups is 1. The van der Waals surface area contributed by atoms with Gasteiger partial charge in [-0.25, -0.2) is 0 Å². The third kappa shape index (κ3) is 2.88. The fourth-order valence-electron chi connectivity index (χ4n) is 5.06. The van der Waals surface area contributed by atoms with Crippen molar-refractivity contribution in [1.29, 1.82) is 0 Å². The zero-order valence-corrected chi connectivity index (χ0v) is 16.6. The molecule has 148 valence electrons. The Balaban J connectivity index is 1.36. The Morgan fingerprint density at radius 2 is 1.76 bits per heavy atom. The topological polar surface area (TPSA) is 58.4 Å². The SMILES string of the molecule is Cn1nc(-c2ccccc2)cc1C(=O)N1CCC2(CC1)c1ccccc1C[C@@H]2O. The van der Waals surface area contributed by atoms with Crippen molar-refractivity contribution in [2.24, 2.45) is 7.05 Å². The third-order valence-corrected chi connectivity index (χ3v) is 6.72. The molecule has 2 heterocycles. The van der Waals surface area contributed by atoms with Crippen LogP contribution in [0.1, 0.15) is 34.5 Å². The van der Waals surface area contributed by atoms with E-state index in [1.54, 1.807) is 4.68 Å². The van der Waals surface area contributed by atoms with Crippen molar-refractivity contribution in [1.82, 2.24) is 14.7 Å². The van der Waals surface area contributed by atoms with E-state index < -0.39 is 0 Å². The summed E-state index contributed by atoms with van der Waals surface area (Å²) in [5.74, 6) is 0.0119. The lowest BCUT2D eigenvalue weighted by atomic mass is 9.72. The number of carbonyl (C=O) groups excluding carboxylic acids is 1. The number of aliphatic hydroxyl groups excluding tert-OH is 1. The molecule has 3 aromatic rings. The van der Waals surface area contributed by atoms with Crippen LogP contribution in [0.4, 0.5) is 0 Å². The number of likely N-dealkylation sites (tertiary alicyclic amines) is 1. The van der Waals surface area contributed by atoms with Gasteiger partial charge in [-0.3, -0.25) is 9.48 Å². The number of hydrogen-bond donors (Lipinski definition) is 1. The molecule has 1 fully saturated rings. The molecule has 1 spiro atoms. The van der Waals surface area contributed by atoms with Crippen molar-refractivity contribution in [3.63, 3.8) is 0 Å². The summed E-state index contributed by atoms with van der Waals surface area (Å²) in [6.45, 7) is 1.30. The largest absolute Gasteiger partial charge is 0.392 e. The highest BCUT2D eigenvalue weighted by Gasteiger charge is 2.48. The van der Waals surface area contributed by atoms with E-state index in [9.17, 15) is 9.90 Å². The Morgan fingerprint density at radius 1 is 1.07 bits per heavy atom. The molecule has 0 bridgehead atoms. The van der Waals surface area contributed by atoms with E-state index >= 15 is 0 Å². The highest BCUT2D eigenvalue weighted by Crippen LogP contribution is 2.46. The van der Waals surface area contributed by atoms with Gasteiger partial charge in [0.2, 0.25) is 0 Å². The van der Waals surface area contributed by atoms with Crippen molar-refractivity contribution in [2.45, 2.75) is 30.8 Å². The van der Waals surface area contributed by atoms with Gasteiger partial charge in [0.1, 0.15) is 5.69 Å². The van der Waals surface area contributed by atoms with Crippen LogP contribution in [0.2, 0.25) is 0 Å². The molecule has 2 aromatic carbocycles. The van der Waals surface area contributed by atoms with E-state index in [1.807, 2.05) is 54.4 Å². The number of benzene rings is 2. The second-order valence-electron chi connectivity index (χ2n) is 8.23. The fourth-order valence-corrected chi connectivity index (χ4v) is 5.06. The predicted octanol–water partition coefficient (Wildman–Crippen LogP) is 3.18. The quantitative estimate of drug-likeness (QED) is 0.735. The fraction of sp³-hybridized carbons (Fsp3) is 0.333. The monoisotopic (exact) mass is 387 g/mol. The van der Waals surface area contributed by atoms with Crippen LogP contribution in [0.3, 0.4) is 0 Å². The first-order valence-electron chi connectivity index (χ1n) is 10.2. The molecule has 0 radical (unpaired) electrons. The van der Waals surface area contributed by atoms with Crippen LogP contribution in [0, 0.1) is 0 Å². The molecule has 0 saturated carbocycles. The first-order valence-corrected chi connectivity index (χ1v) is 10.2. The molecular weight excluding hydrogens is 362 g/mol. The van der Waals surface area contributed by atoms with Gasteiger partial charge in [-0.1, -0.05) is 54.6 Å². The smallest absolute Gasteiger partial charge is 0.272 e. The maximum atomic E-state index is 13.2. The molecule has 1 saturated heterocycles. The Hall–Kier alpha value is -2.92. The second kappa shape index (κ2) is 6.85. The van der Waals surface area contributed by atoms with Crippen LogP contribution in [0.5, 0.6) is 0 Å². The zero-order chi connectivity index (χ0) is 20.0. The average molecular weight is 387 g/mol. The van der Waals surface area contributed by atoms with Crippen molar-refractivity contribution in [3.8, 4) is 11.3 Å². The van der Waals surface area contributed by atoms with Gasteiger partial charge >= 0.3 is 0 Å². The summed E-state index contributed by atoms with van der Waals surface area (Å²) in [7, 11) is 1.82. The summed E-state index contributed by atoms with van der Waals surface area (Å²) >= 11 is 0. The van der Waals surface area contributed by atoms with Crippen LogP contribution in [0.25, 0.3) is 11.3 Å². The Labute approximate surface area is 170 Å². The first kappa shape index (κ1) is 18.1. The molecule has 5 heteroatoms. The lowest BCUT2D eigenvalue weighted by Gasteiger charge is -2.42. The number of fused-ring (bicyclic) bond motifs is 2. The number of aromatic nitrogens is 2. The lowest BCUT2D eigenvalue weighted by molar-refractivity contribution is 0.0360.